The molecule has 1 nitrogen and oxygen atoms in total. The largest absolute Gasteiger partial charge is 0.383 e. The highest BCUT2D eigenvalue weighted by Gasteiger charge is 2.32. The molecule has 0 radical (unpaired) electrons. The van der Waals surface area contributed by atoms with Crippen molar-refractivity contribution in [2.24, 2.45) is 11.8 Å². The van der Waals surface area contributed by atoms with Crippen molar-refractivity contribution >= 4 is 21.6 Å². The Morgan fingerprint density at radius 1 is 1.47 bits per heavy atom. The molecular formula is C14H19BrFN. The van der Waals surface area contributed by atoms with Crippen LogP contribution >= 0.6 is 15.9 Å². The summed E-state index contributed by atoms with van der Waals surface area (Å²) in [5.74, 6) is 1.52. The van der Waals surface area contributed by atoms with Crippen molar-refractivity contribution in [1.82, 2.24) is 0 Å². The van der Waals surface area contributed by atoms with Gasteiger partial charge in [-0.25, -0.2) is 4.39 Å². The Morgan fingerprint density at radius 3 is 2.76 bits per heavy atom. The van der Waals surface area contributed by atoms with Crippen molar-refractivity contribution in [3.63, 3.8) is 0 Å². The maximum atomic E-state index is 13.5. The lowest BCUT2D eigenvalue weighted by molar-refractivity contribution is 0.321. The lowest BCUT2D eigenvalue weighted by atomic mass is 9.79. The first-order chi connectivity index (χ1) is 8.04. The SMILES string of the molecule is CCC(C(C)C)C1CNc2c(Br)cc(F)cc21. The average Bonchev–Trinajstić information content (AvgIpc) is 2.63. The minimum Gasteiger partial charge on any atom is -0.383 e. The second kappa shape index (κ2) is 4.97. The average molecular weight is 300 g/mol. The van der Waals surface area contributed by atoms with E-state index in [1.54, 1.807) is 6.07 Å². The zero-order valence-electron chi connectivity index (χ0n) is 10.6. The van der Waals surface area contributed by atoms with E-state index in [0.29, 0.717) is 17.8 Å². The summed E-state index contributed by atoms with van der Waals surface area (Å²) in [6, 6.07) is 3.22. The highest BCUT2D eigenvalue weighted by molar-refractivity contribution is 9.10. The molecule has 0 aromatic heterocycles. The first kappa shape index (κ1) is 12.9. The molecule has 2 atom stereocenters. The summed E-state index contributed by atoms with van der Waals surface area (Å²) in [4.78, 5) is 0. The van der Waals surface area contributed by atoms with Gasteiger partial charge in [0.05, 0.1) is 5.69 Å². The normalized spacial score (nSPS) is 20.2. The maximum Gasteiger partial charge on any atom is 0.124 e. The van der Waals surface area contributed by atoms with E-state index in [9.17, 15) is 4.39 Å². The molecule has 0 bridgehead atoms. The first-order valence-corrected chi connectivity index (χ1v) is 7.06. The maximum absolute atomic E-state index is 13.5. The smallest absolute Gasteiger partial charge is 0.124 e. The van der Waals surface area contributed by atoms with Crippen molar-refractivity contribution < 1.29 is 4.39 Å². The Hall–Kier alpha value is -0.570. The number of rotatable bonds is 3. The molecule has 0 saturated heterocycles. The van der Waals surface area contributed by atoms with Gasteiger partial charge in [0.25, 0.3) is 0 Å². The molecule has 1 aliphatic rings. The highest BCUT2D eigenvalue weighted by Crippen LogP contribution is 2.44. The van der Waals surface area contributed by atoms with E-state index in [2.05, 4.69) is 42.0 Å². The summed E-state index contributed by atoms with van der Waals surface area (Å²) < 4.78 is 14.3. The van der Waals surface area contributed by atoms with Gasteiger partial charge in [-0.3, -0.25) is 0 Å². The lowest BCUT2D eigenvalue weighted by Gasteiger charge is -2.26. The second-order valence-electron chi connectivity index (χ2n) is 5.16. The van der Waals surface area contributed by atoms with Crippen LogP contribution in [0.3, 0.4) is 0 Å². The van der Waals surface area contributed by atoms with Gasteiger partial charge in [0.1, 0.15) is 5.82 Å². The Labute approximate surface area is 111 Å². The molecule has 1 heterocycles. The van der Waals surface area contributed by atoms with E-state index in [1.165, 1.54) is 6.07 Å². The van der Waals surface area contributed by atoms with E-state index >= 15 is 0 Å². The zero-order valence-corrected chi connectivity index (χ0v) is 12.1. The quantitative estimate of drug-likeness (QED) is 0.847. The van der Waals surface area contributed by atoms with Crippen molar-refractivity contribution in [2.75, 3.05) is 11.9 Å². The zero-order chi connectivity index (χ0) is 12.6. The van der Waals surface area contributed by atoms with Crippen LogP contribution in [0.15, 0.2) is 16.6 Å². The van der Waals surface area contributed by atoms with Crippen molar-refractivity contribution in [3.05, 3.63) is 28.0 Å². The van der Waals surface area contributed by atoms with Crippen LogP contribution in [0.25, 0.3) is 0 Å². The Balaban J connectivity index is 2.39. The predicted octanol–water partition coefficient (Wildman–Crippen LogP) is 4.78. The summed E-state index contributed by atoms with van der Waals surface area (Å²) in [5, 5.41) is 3.40. The lowest BCUT2D eigenvalue weighted by Crippen LogP contribution is -2.19. The van der Waals surface area contributed by atoms with Gasteiger partial charge >= 0.3 is 0 Å². The second-order valence-corrected chi connectivity index (χ2v) is 6.01. The Bertz CT molecular complexity index is 417. The fourth-order valence-corrected chi connectivity index (χ4v) is 3.58. The molecule has 17 heavy (non-hydrogen) atoms. The van der Waals surface area contributed by atoms with Crippen molar-refractivity contribution in [3.8, 4) is 0 Å². The molecule has 2 rings (SSSR count). The Kier molecular flexibility index (Phi) is 3.76. The number of nitrogens with one attached hydrogen (secondary N) is 1. The molecule has 0 amide bonds. The molecule has 1 aromatic rings. The standard InChI is InChI=1S/C14H19BrFN/c1-4-10(8(2)3)12-7-17-14-11(12)5-9(16)6-13(14)15/h5-6,8,10,12,17H,4,7H2,1-3H3. The van der Waals surface area contributed by atoms with E-state index in [0.717, 1.165) is 28.7 Å². The highest BCUT2D eigenvalue weighted by atomic mass is 79.9. The number of hydrogen-bond acceptors (Lipinski definition) is 1. The van der Waals surface area contributed by atoms with Gasteiger partial charge in [0.2, 0.25) is 0 Å². The number of halogens is 2. The molecule has 2 unspecified atom stereocenters. The summed E-state index contributed by atoms with van der Waals surface area (Å²) >= 11 is 3.43. The Morgan fingerprint density at radius 2 is 2.18 bits per heavy atom. The summed E-state index contributed by atoms with van der Waals surface area (Å²) in [6.45, 7) is 7.64. The van der Waals surface area contributed by atoms with E-state index in [1.807, 2.05) is 0 Å². The van der Waals surface area contributed by atoms with Crippen LogP contribution in [-0.4, -0.2) is 6.54 Å². The van der Waals surface area contributed by atoms with Crippen LogP contribution in [0.2, 0.25) is 0 Å². The summed E-state index contributed by atoms with van der Waals surface area (Å²) in [7, 11) is 0. The number of hydrogen-bond donors (Lipinski definition) is 1. The monoisotopic (exact) mass is 299 g/mol. The first-order valence-electron chi connectivity index (χ1n) is 6.27. The van der Waals surface area contributed by atoms with Crippen LogP contribution in [-0.2, 0) is 0 Å². The topological polar surface area (TPSA) is 12.0 Å². The molecule has 0 spiro atoms. The molecule has 0 fully saturated rings. The van der Waals surface area contributed by atoms with Crippen molar-refractivity contribution in [1.29, 1.82) is 0 Å². The van der Waals surface area contributed by atoms with Crippen LogP contribution in [0.5, 0.6) is 0 Å². The third-order valence-electron chi connectivity index (χ3n) is 3.83. The molecule has 1 N–H and O–H groups in total. The summed E-state index contributed by atoms with van der Waals surface area (Å²) in [5.41, 5.74) is 2.22. The van der Waals surface area contributed by atoms with E-state index in [4.69, 9.17) is 0 Å². The van der Waals surface area contributed by atoms with Crippen molar-refractivity contribution in [2.45, 2.75) is 33.1 Å². The number of anilines is 1. The molecule has 1 aromatic carbocycles. The van der Waals surface area contributed by atoms with Crippen LogP contribution in [0, 0.1) is 17.7 Å². The van der Waals surface area contributed by atoms with E-state index < -0.39 is 0 Å². The predicted molar refractivity (Wildman–Crippen MR) is 73.9 cm³/mol. The fourth-order valence-electron chi connectivity index (χ4n) is 3.00. The fraction of sp³-hybridized carbons (Fsp3) is 0.571. The minimum absolute atomic E-state index is 0.150. The molecule has 3 heteroatoms. The number of fused-ring (bicyclic) bond motifs is 1. The van der Waals surface area contributed by atoms with E-state index in [-0.39, 0.29) is 5.82 Å². The third kappa shape index (κ3) is 2.35. The molecule has 1 aliphatic heterocycles. The molecular weight excluding hydrogens is 281 g/mol. The third-order valence-corrected chi connectivity index (χ3v) is 4.45. The number of benzene rings is 1. The van der Waals surface area contributed by atoms with Gasteiger partial charge in [-0.15, -0.1) is 0 Å². The van der Waals surface area contributed by atoms with Gasteiger partial charge in [-0.05, 0) is 45.5 Å². The minimum atomic E-state index is -0.150. The summed E-state index contributed by atoms with van der Waals surface area (Å²) in [6.07, 6.45) is 1.14. The van der Waals surface area contributed by atoms with Gasteiger partial charge < -0.3 is 5.32 Å². The van der Waals surface area contributed by atoms with Gasteiger partial charge in [-0.2, -0.15) is 0 Å². The van der Waals surface area contributed by atoms with Gasteiger partial charge in [-0.1, -0.05) is 27.2 Å². The van der Waals surface area contributed by atoms with Crippen LogP contribution in [0.1, 0.15) is 38.7 Å². The van der Waals surface area contributed by atoms with Crippen LogP contribution < -0.4 is 5.32 Å². The van der Waals surface area contributed by atoms with Gasteiger partial charge in [0.15, 0.2) is 0 Å². The molecule has 94 valence electrons. The molecule has 0 saturated carbocycles. The molecule has 0 aliphatic carbocycles. The van der Waals surface area contributed by atoms with Crippen LogP contribution in [0.4, 0.5) is 10.1 Å². The van der Waals surface area contributed by atoms with Gasteiger partial charge in [0, 0.05) is 16.9 Å².